The number of hydrogen-bond acceptors (Lipinski definition) is 4. The van der Waals surface area contributed by atoms with Crippen LogP contribution in [0, 0.1) is 5.82 Å². The maximum absolute atomic E-state index is 13.4. The number of pyridine rings is 1. The first-order chi connectivity index (χ1) is 9.15. The quantitative estimate of drug-likeness (QED) is 0.693. The van der Waals surface area contributed by atoms with Crippen LogP contribution in [0.25, 0.3) is 22.0 Å². The van der Waals surface area contributed by atoms with Gasteiger partial charge in [-0.05, 0) is 23.8 Å². The Morgan fingerprint density at radius 2 is 1.89 bits per heavy atom. The number of benzene rings is 1. The summed E-state index contributed by atoms with van der Waals surface area (Å²) in [6, 6.07) is 6.75. The number of anilines is 1. The molecule has 0 bridgehead atoms. The summed E-state index contributed by atoms with van der Waals surface area (Å²) in [6.07, 6.45) is 2.91. The van der Waals surface area contributed by atoms with Gasteiger partial charge in [0.05, 0.1) is 5.52 Å². The molecule has 0 amide bonds. The minimum absolute atomic E-state index is 0.146. The first kappa shape index (κ1) is 11.8. The van der Waals surface area contributed by atoms with Gasteiger partial charge >= 0.3 is 0 Å². The van der Waals surface area contributed by atoms with E-state index in [-0.39, 0.29) is 5.15 Å². The van der Waals surface area contributed by atoms with Crippen molar-refractivity contribution in [3.05, 3.63) is 47.8 Å². The molecule has 0 aliphatic carbocycles. The van der Waals surface area contributed by atoms with Gasteiger partial charge in [0.15, 0.2) is 11.0 Å². The molecule has 0 unspecified atom stereocenters. The van der Waals surface area contributed by atoms with Crippen molar-refractivity contribution in [2.45, 2.75) is 0 Å². The Balaban J connectivity index is 2.20. The molecule has 3 aromatic rings. The molecule has 0 radical (unpaired) electrons. The maximum Gasteiger partial charge on any atom is 0.164 e. The Kier molecular flexibility index (Phi) is 2.76. The molecule has 94 valence electrons. The van der Waals surface area contributed by atoms with Gasteiger partial charge in [-0.25, -0.2) is 19.3 Å². The lowest BCUT2D eigenvalue weighted by atomic mass is 10.1. The normalized spacial score (nSPS) is 10.8. The molecule has 0 aliphatic heterocycles. The molecule has 3 rings (SSSR count). The second kappa shape index (κ2) is 4.44. The monoisotopic (exact) mass is 274 g/mol. The number of aromatic nitrogens is 3. The van der Waals surface area contributed by atoms with Gasteiger partial charge in [0.1, 0.15) is 12.1 Å². The highest BCUT2D eigenvalue weighted by atomic mass is 35.5. The van der Waals surface area contributed by atoms with Gasteiger partial charge in [-0.3, -0.25) is 0 Å². The van der Waals surface area contributed by atoms with Crippen molar-refractivity contribution >= 4 is 28.3 Å². The zero-order chi connectivity index (χ0) is 13.4. The van der Waals surface area contributed by atoms with Crippen LogP contribution in [0.2, 0.25) is 5.15 Å². The summed E-state index contributed by atoms with van der Waals surface area (Å²) in [5, 5.41) is 0.572. The fourth-order valence-corrected chi connectivity index (χ4v) is 1.94. The molecule has 0 aliphatic rings. The van der Waals surface area contributed by atoms with Crippen molar-refractivity contribution in [2.75, 3.05) is 5.73 Å². The molecule has 2 N–H and O–H groups in total. The number of hydrogen-bond donors (Lipinski definition) is 1. The highest BCUT2D eigenvalue weighted by Crippen LogP contribution is 2.26. The van der Waals surface area contributed by atoms with E-state index in [1.807, 2.05) is 6.07 Å². The van der Waals surface area contributed by atoms with Crippen LogP contribution in [0.5, 0.6) is 0 Å². The van der Waals surface area contributed by atoms with E-state index in [4.69, 9.17) is 17.3 Å². The Labute approximate surface area is 113 Å². The van der Waals surface area contributed by atoms with Crippen LogP contribution >= 0.6 is 11.6 Å². The summed E-state index contributed by atoms with van der Waals surface area (Å²) < 4.78 is 13.4. The zero-order valence-electron chi connectivity index (χ0n) is 9.64. The highest BCUT2D eigenvalue weighted by molar-refractivity contribution is 6.29. The Morgan fingerprint density at radius 3 is 2.68 bits per heavy atom. The third-order valence-corrected chi connectivity index (χ3v) is 3.07. The van der Waals surface area contributed by atoms with Crippen molar-refractivity contribution in [2.24, 2.45) is 0 Å². The van der Waals surface area contributed by atoms with Crippen LogP contribution in [0.1, 0.15) is 0 Å². The minimum Gasteiger partial charge on any atom is -0.383 e. The second-order valence-corrected chi connectivity index (χ2v) is 4.35. The van der Waals surface area contributed by atoms with E-state index in [2.05, 4.69) is 15.0 Å². The van der Waals surface area contributed by atoms with Gasteiger partial charge in [0, 0.05) is 17.1 Å². The Hall–Kier alpha value is -2.27. The summed E-state index contributed by atoms with van der Waals surface area (Å²) in [5.74, 6) is -0.175. The number of nitrogens with zero attached hydrogens (tertiary/aromatic N) is 3. The summed E-state index contributed by atoms with van der Waals surface area (Å²) in [4.78, 5) is 11.8. The van der Waals surface area contributed by atoms with E-state index < -0.39 is 5.82 Å². The van der Waals surface area contributed by atoms with Crippen molar-refractivity contribution in [1.29, 1.82) is 0 Å². The van der Waals surface area contributed by atoms with E-state index in [1.165, 1.54) is 18.6 Å². The first-order valence-electron chi connectivity index (χ1n) is 5.47. The molecule has 1 aromatic carbocycles. The number of nitrogen functional groups attached to an aromatic ring is 1. The molecule has 0 atom stereocenters. The topological polar surface area (TPSA) is 64.7 Å². The Bertz CT molecular complexity index is 776. The minimum atomic E-state index is -0.559. The van der Waals surface area contributed by atoms with Crippen LogP contribution in [0.4, 0.5) is 10.2 Å². The van der Waals surface area contributed by atoms with Crippen LogP contribution in [-0.2, 0) is 0 Å². The smallest absolute Gasteiger partial charge is 0.164 e. The van der Waals surface area contributed by atoms with Gasteiger partial charge in [-0.15, -0.1) is 0 Å². The van der Waals surface area contributed by atoms with E-state index >= 15 is 0 Å². The van der Waals surface area contributed by atoms with E-state index in [0.717, 1.165) is 16.5 Å². The third-order valence-electron chi connectivity index (χ3n) is 2.80. The van der Waals surface area contributed by atoms with Crippen LogP contribution in [0.15, 0.2) is 36.8 Å². The van der Waals surface area contributed by atoms with Crippen molar-refractivity contribution in [1.82, 2.24) is 15.0 Å². The van der Waals surface area contributed by atoms with Crippen molar-refractivity contribution < 1.29 is 4.39 Å². The standard InChI is InChI=1S/C13H8ClFN4/c14-12-10(15)4-8(5-17-12)7-1-2-11-9(3-7)13(16)19-6-18-11/h1-6H,(H2,16,18,19). The lowest BCUT2D eigenvalue weighted by Gasteiger charge is -2.05. The van der Waals surface area contributed by atoms with Crippen LogP contribution in [-0.4, -0.2) is 15.0 Å². The van der Waals surface area contributed by atoms with E-state index in [1.54, 1.807) is 12.1 Å². The number of rotatable bonds is 1. The lowest BCUT2D eigenvalue weighted by molar-refractivity contribution is 0.622. The molecule has 0 saturated carbocycles. The Morgan fingerprint density at radius 1 is 1.05 bits per heavy atom. The summed E-state index contributed by atoms with van der Waals surface area (Å²) in [6.45, 7) is 0. The number of halogens is 2. The molecule has 0 saturated heterocycles. The molecule has 2 heterocycles. The summed E-state index contributed by atoms with van der Waals surface area (Å²) >= 11 is 5.56. The highest BCUT2D eigenvalue weighted by Gasteiger charge is 2.07. The molecule has 0 spiro atoms. The maximum atomic E-state index is 13.4. The average molecular weight is 275 g/mol. The number of fused-ring (bicyclic) bond motifs is 1. The van der Waals surface area contributed by atoms with Gasteiger partial charge in [-0.1, -0.05) is 17.7 Å². The second-order valence-electron chi connectivity index (χ2n) is 3.99. The summed E-state index contributed by atoms with van der Waals surface area (Å²) in [7, 11) is 0. The van der Waals surface area contributed by atoms with Crippen LogP contribution in [0.3, 0.4) is 0 Å². The zero-order valence-corrected chi connectivity index (χ0v) is 10.4. The largest absolute Gasteiger partial charge is 0.383 e. The van der Waals surface area contributed by atoms with Crippen LogP contribution < -0.4 is 5.73 Å². The van der Waals surface area contributed by atoms with Gasteiger partial charge in [-0.2, -0.15) is 0 Å². The predicted molar refractivity (Wildman–Crippen MR) is 72.1 cm³/mol. The molecular formula is C13H8ClFN4. The van der Waals surface area contributed by atoms with Crippen molar-refractivity contribution in [3.8, 4) is 11.1 Å². The third kappa shape index (κ3) is 2.08. The first-order valence-corrected chi connectivity index (χ1v) is 5.84. The molecule has 6 heteroatoms. The van der Waals surface area contributed by atoms with Gasteiger partial charge in [0.25, 0.3) is 0 Å². The number of nitrogens with two attached hydrogens (primary N) is 1. The van der Waals surface area contributed by atoms with Gasteiger partial charge in [0.2, 0.25) is 0 Å². The molecule has 4 nitrogen and oxygen atoms in total. The predicted octanol–water partition coefficient (Wildman–Crippen LogP) is 3.07. The van der Waals surface area contributed by atoms with Gasteiger partial charge < -0.3 is 5.73 Å². The molecule has 0 fully saturated rings. The summed E-state index contributed by atoms with van der Waals surface area (Å²) in [5.41, 5.74) is 7.92. The van der Waals surface area contributed by atoms with E-state index in [0.29, 0.717) is 11.4 Å². The fourth-order valence-electron chi connectivity index (χ4n) is 1.84. The van der Waals surface area contributed by atoms with Crippen molar-refractivity contribution in [3.63, 3.8) is 0 Å². The lowest BCUT2D eigenvalue weighted by Crippen LogP contribution is -1.93. The average Bonchev–Trinajstić information content (AvgIpc) is 2.42. The SMILES string of the molecule is Nc1ncnc2ccc(-c3cnc(Cl)c(F)c3)cc12. The fraction of sp³-hybridized carbons (Fsp3) is 0. The van der Waals surface area contributed by atoms with E-state index in [9.17, 15) is 4.39 Å². The molecular weight excluding hydrogens is 267 g/mol. The molecule has 2 aromatic heterocycles. The molecule has 19 heavy (non-hydrogen) atoms.